The number of allylic oxidation sites excluding steroid dienone is 1. The van der Waals surface area contributed by atoms with E-state index < -0.39 is 0 Å². The van der Waals surface area contributed by atoms with Crippen LogP contribution >= 0.6 is 0 Å². The zero-order valence-corrected chi connectivity index (χ0v) is 19.0. The van der Waals surface area contributed by atoms with E-state index in [2.05, 4.69) is 29.7 Å². The van der Waals surface area contributed by atoms with E-state index >= 15 is 0 Å². The van der Waals surface area contributed by atoms with Crippen molar-refractivity contribution in [1.82, 2.24) is 4.90 Å². The molecule has 7 nitrogen and oxygen atoms in total. The highest BCUT2D eigenvalue weighted by Crippen LogP contribution is 2.54. The molecule has 172 valence electrons. The Balaban J connectivity index is 1.23. The molecule has 0 bridgehead atoms. The van der Waals surface area contributed by atoms with Crippen molar-refractivity contribution in [3.8, 4) is 0 Å². The number of carbonyl (C=O) groups is 1. The van der Waals surface area contributed by atoms with Crippen molar-refractivity contribution < 1.29 is 14.5 Å². The number of hydrogen-bond acceptors (Lipinski definition) is 6. The Bertz CT molecular complexity index is 922. The monoisotopic (exact) mass is 439 g/mol. The summed E-state index contributed by atoms with van der Waals surface area (Å²) in [5.74, 6) is 0.719. The topological polar surface area (TPSA) is 75.9 Å². The van der Waals surface area contributed by atoms with Crippen molar-refractivity contribution in [1.29, 1.82) is 0 Å². The number of esters is 1. The summed E-state index contributed by atoms with van der Waals surface area (Å²) in [5, 5.41) is 10.9. The van der Waals surface area contributed by atoms with E-state index in [9.17, 15) is 14.9 Å². The third-order valence-electron chi connectivity index (χ3n) is 8.33. The molecule has 5 rings (SSSR count). The predicted octanol–water partition coefficient (Wildman–Crippen LogP) is 4.03. The molecule has 0 radical (unpaired) electrons. The van der Waals surface area contributed by atoms with Crippen LogP contribution in [0.4, 0.5) is 11.4 Å². The summed E-state index contributed by atoms with van der Waals surface area (Å²) >= 11 is 0. The lowest BCUT2D eigenvalue weighted by molar-refractivity contribution is -0.384. The highest BCUT2D eigenvalue weighted by Gasteiger charge is 2.52. The first-order valence-corrected chi connectivity index (χ1v) is 12.0. The van der Waals surface area contributed by atoms with Gasteiger partial charge >= 0.3 is 5.97 Å². The Morgan fingerprint density at radius 3 is 2.59 bits per heavy atom. The van der Waals surface area contributed by atoms with Gasteiger partial charge in [0.05, 0.1) is 10.8 Å². The quantitative estimate of drug-likeness (QED) is 0.305. The minimum absolute atomic E-state index is 0.0236. The summed E-state index contributed by atoms with van der Waals surface area (Å²) < 4.78 is 5.91. The molecule has 0 N–H and O–H groups in total. The van der Waals surface area contributed by atoms with Crippen LogP contribution in [0, 0.1) is 33.3 Å². The number of fused-ring (bicyclic) bond motifs is 2. The van der Waals surface area contributed by atoms with Gasteiger partial charge in [0.1, 0.15) is 6.10 Å². The Labute approximate surface area is 189 Å². The lowest BCUT2D eigenvalue weighted by atomic mass is 9.59. The number of nitro groups is 1. The van der Waals surface area contributed by atoms with Gasteiger partial charge in [0.25, 0.3) is 5.69 Å². The van der Waals surface area contributed by atoms with Crippen LogP contribution < -0.4 is 4.90 Å². The average Bonchev–Trinajstić information content (AvgIpc) is 3.06. The minimum Gasteiger partial charge on any atom is -0.461 e. The Kier molecular flexibility index (Phi) is 5.48. The summed E-state index contributed by atoms with van der Waals surface area (Å²) in [6.45, 7) is 8.92. The summed E-state index contributed by atoms with van der Waals surface area (Å²) in [4.78, 5) is 28.0. The number of ether oxygens (including phenoxy) is 1. The first kappa shape index (κ1) is 21.4. The highest BCUT2D eigenvalue weighted by atomic mass is 16.6. The van der Waals surface area contributed by atoms with Crippen molar-refractivity contribution in [2.24, 2.45) is 23.2 Å². The second kappa shape index (κ2) is 8.18. The van der Waals surface area contributed by atoms with Crippen LogP contribution in [-0.4, -0.2) is 54.6 Å². The van der Waals surface area contributed by atoms with Crippen molar-refractivity contribution in [3.05, 3.63) is 46.0 Å². The first-order valence-electron chi connectivity index (χ1n) is 12.0. The molecule has 1 aromatic carbocycles. The van der Waals surface area contributed by atoms with Gasteiger partial charge in [-0.2, -0.15) is 0 Å². The van der Waals surface area contributed by atoms with Crippen LogP contribution in [-0.2, 0) is 9.53 Å². The fourth-order valence-electron chi connectivity index (χ4n) is 6.51. The van der Waals surface area contributed by atoms with E-state index in [-0.39, 0.29) is 39.9 Å². The molecule has 2 aliphatic carbocycles. The Morgan fingerprint density at radius 2 is 1.91 bits per heavy atom. The van der Waals surface area contributed by atoms with E-state index in [4.69, 9.17) is 4.74 Å². The Hall–Kier alpha value is -2.41. The van der Waals surface area contributed by atoms with Crippen LogP contribution in [0.25, 0.3) is 0 Å². The number of nitrogens with zero attached hydrogens (tertiary/aromatic N) is 3. The van der Waals surface area contributed by atoms with Crippen molar-refractivity contribution in [3.63, 3.8) is 0 Å². The fraction of sp³-hybridized carbons (Fsp3) is 0.640. The summed E-state index contributed by atoms with van der Waals surface area (Å²) in [6, 6.07) is 6.77. The molecule has 4 aliphatic rings. The molecule has 1 aromatic rings. The number of benzene rings is 1. The molecule has 32 heavy (non-hydrogen) atoms. The number of hydrogen-bond donors (Lipinski definition) is 0. The summed E-state index contributed by atoms with van der Waals surface area (Å²) in [5.41, 5.74) is 2.89. The summed E-state index contributed by atoms with van der Waals surface area (Å²) in [6.07, 6.45) is 7.17. The van der Waals surface area contributed by atoms with Crippen LogP contribution in [0.1, 0.15) is 39.5 Å². The highest BCUT2D eigenvalue weighted by molar-refractivity contribution is 5.76. The van der Waals surface area contributed by atoms with Crippen LogP contribution in [0.5, 0.6) is 0 Å². The van der Waals surface area contributed by atoms with Crippen molar-refractivity contribution in [2.75, 3.05) is 37.6 Å². The molecule has 5 atom stereocenters. The molecule has 1 unspecified atom stereocenters. The van der Waals surface area contributed by atoms with Crippen LogP contribution in [0.15, 0.2) is 35.9 Å². The molecule has 2 heterocycles. The third-order valence-corrected chi connectivity index (χ3v) is 8.33. The normalized spacial score (nSPS) is 35.0. The Morgan fingerprint density at radius 1 is 1.19 bits per heavy atom. The number of rotatable bonds is 4. The lowest BCUT2D eigenvalue weighted by Crippen LogP contribution is -2.49. The lowest BCUT2D eigenvalue weighted by Gasteiger charge is -2.46. The predicted molar refractivity (Wildman–Crippen MR) is 122 cm³/mol. The minimum atomic E-state index is -0.368. The number of carbonyl (C=O) groups excluding carboxylic acids is 1. The number of nitro benzene ring substituents is 1. The first-order chi connectivity index (χ1) is 15.3. The van der Waals surface area contributed by atoms with Gasteiger partial charge in [-0.05, 0) is 42.7 Å². The number of non-ortho nitro benzene ring substituents is 1. The molecular weight excluding hydrogens is 406 g/mol. The van der Waals surface area contributed by atoms with Crippen molar-refractivity contribution >= 4 is 17.3 Å². The maximum absolute atomic E-state index is 12.8. The molecule has 0 amide bonds. The molecule has 2 aliphatic heterocycles. The zero-order chi connectivity index (χ0) is 22.5. The van der Waals surface area contributed by atoms with Gasteiger partial charge in [-0.1, -0.05) is 31.9 Å². The molecule has 0 aromatic heterocycles. The zero-order valence-electron chi connectivity index (χ0n) is 19.0. The number of piperazine rings is 1. The molecule has 3 fully saturated rings. The van der Waals surface area contributed by atoms with Gasteiger partial charge in [-0.15, -0.1) is 0 Å². The van der Waals surface area contributed by atoms with Gasteiger partial charge in [0, 0.05) is 56.5 Å². The van der Waals surface area contributed by atoms with Crippen LogP contribution in [0.3, 0.4) is 0 Å². The van der Waals surface area contributed by atoms with Gasteiger partial charge in [-0.25, -0.2) is 0 Å². The van der Waals surface area contributed by atoms with E-state index in [1.165, 1.54) is 19.3 Å². The van der Waals surface area contributed by atoms with Gasteiger partial charge < -0.3 is 9.64 Å². The molecule has 0 spiro atoms. The maximum Gasteiger partial charge on any atom is 0.311 e. The van der Waals surface area contributed by atoms with Gasteiger partial charge in [-0.3, -0.25) is 19.8 Å². The van der Waals surface area contributed by atoms with E-state index in [0.717, 1.165) is 44.8 Å². The number of anilines is 1. The van der Waals surface area contributed by atoms with E-state index in [1.54, 1.807) is 17.7 Å². The van der Waals surface area contributed by atoms with E-state index in [1.807, 2.05) is 12.1 Å². The second-order valence-corrected chi connectivity index (χ2v) is 10.4. The fourth-order valence-corrected chi connectivity index (χ4v) is 6.51. The van der Waals surface area contributed by atoms with Gasteiger partial charge in [0.2, 0.25) is 0 Å². The SMILES string of the molecule is C[C@H]1CCC[C@]2(C)C[C@H]3OC(=O)C(CN4CCN(c5ccc([N+](=O)[O-])cc5)CC4)[C@H]3C=C12. The molecule has 1 saturated carbocycles. The smallest absolute Gasteiger partial charge is 0.311 e. The van der Waals surface area contributed by atoms with Gasteiger partial charge in [0.15, 0.2) is 0 Å². The average molecular weight is 440 g/mol. The summed E-state index contributed by atoms with van der Waals surface area (Å²) in [7, 11) is 0. The van der Waals surface area contributed by atoms with Crippen LogP contribution in [0.2, 0.25) is 0 Å². The molecule has 7 heteroatoms. The second-order valence-electron chi connectivity index (χ2n) is 10.4. The molecular formula is C25H33N3O4. The van der Waals surface area contributed by atoms with E-state index in [0.29, 0.717) is 5.92 Å². The standard InChI is InChI=1S/C25H33N3O4/c1-17-4-3-9-25(2)15-23-20(14-22(17)25)21(24(29)32-23)16-26-10-12-27(13-11-26)18-5-7-19(8-6-18)28(30)31/h5-8,14,17,20-21,23H,3-4,9-13,15-16H2,1-2H3/t17-,20+,21?,23+,25+/m0/s1. The maximum atomic E-state index is 12.8. The van der Waals surface area contributed by atoms with Crippen molar-refractivity contribution in [2.45, 2.75) is 45.6 Å². The largest absolute Gasteiger partial charge is 0.461 e. The molecule has 2 saturated heterocycles. The third kappa shape index (κ3) is 3.81.